The molecule has 1 N–H and O–H groups in total. The summed E-state index contributed by atoms with van der Waals surface area (Å²) in [5.41, 5.74) is 0.966. The van der Waals surface area contributed by atoms with E-state index < -0.39 is 0 Å². The van der Waals surface area contributed by atoms with Crippen LogP contribution in [0.3, 0.4) is 0 Å². The molecule has 0 saturated heterocycles. The highest BCUT2D eigenvalue weighted by atomic mass is 32.1. The zero-order valence-corrected chi connectivity index (χ0v) is 19.2. The van der Waals surface area contributed by atoms with E-state index in [1.54, 1.807) is 22.7 Å². The second-order valence-electron chi connectivity index (χ2n) is 7.69. The van der Waals surface area contributed by atoms with Gasteiger partial charge in [0.15, 0.2) is 0 Å². The molecule has 4 rings (SSSR count). The Morgan fingerprint density at radius 3 is 2.87 bits per heavy atom. The number of rotatable bonds is 7. The molecule has 0 unspecified atom stereocenters. The fourth-order valence-electron chi connectivity index (χ4n) is 3.92. The second-order valence-corrected chi connectivity index (χ2v) is 9.80. The summed E-state index contributed by atoms with van der Waals surface area (Å²) in [5, 5.41) is 5.47. The first kappa shape index (κ1) is 21.7. The molecule has 0 radical (unpaired) electrons. The molecule has 1 aliphatic carbocycles. The standard InChI is InChI=1S/C22H26N4O3S2/c1-2-25(12-18(27)23-11-15-7-6-10-30-15)19(28)13-26-14-24-21-20(22(26)29)16-8-4-3-5-9-17(16)31-21/h6-7,10,14H,2-5,8-9,11-13H2,1H3,(H,23,27). The van der Waals surface area contributed by atoms with Gasteiger partial charge >= 0.3 is 0 Å². The number of carbonyl (C=O) groups excluding carboxylic acids is 2. The van der Waals surface area contributed by atoms with E-state index in [1.165, 1.54) is 27.1 Å². The Bertz CT molecular complexity index is 1130. The van der Waals surface area contributed by atoms with Gasteiger partial charge in [-0.3, -0.25) is 19.0 Å². The Balaban J connectivity index is 1.46. The summed E-state index contributed by atoms with van der Waals surface area (Å²) in [7, 11) is 0. The molecule has 0 bridgehead atoms. The number of hydrogen-bond acceptors (Lipinski definition) is 6. The zero-order valence-electron chi connectivity index (χ0n) is 17.6. The van der Waals surface area contributed by atoms with Gasteiger partial charge in [0, 0.05) is 16.3 Å². The van der Waals surface area contributed by atoms with Gasteiger partial charge in [-0.05, 0) is 49.6 Å². The lowest BCUT2D eigenvalue weighted by Crippen LogP contribution is -2.42. The quantitative estimate of drug-likeness (QED) is 0.552. The van der Waals surface area contributed by atoms with Crippen molar-refractivity contribution in [1.82, 2.24) is 19.8 Å². The van der Waals surface area contributed by atoms with Gasteiger partial charge in [0.2, 0.25) is 11.8 Å². The van der Waals surface area contributed by atoms with Crippen LogP contribution in [0.15, 0.2) is 28.6 Å². The lowest BCUT2D eigenvalue weighted by atomic mass is 10.1. The summed E-state index contributed by atoms with van der Waals surface area (Å²) >= 11 is 3.18. The summed E-state index contributed by atoms with van der Waals surface area (Å²) < 4.78 is 1.38. The van der Waals surface area contributed by atoms with Crippen molar-refractivity contribution >= 4 is 44.7 Å². The molecule has 3 aromatic heterocycles. The number of carbonyl (C=O) groups is 2. The molecule has 0 saturated carbocycles. The van der Waals surface area contributed by atoms with Gasteiger partial charge in [-0.1, -0.05) is 12.5 Å². The third-order valence-electron chi connectivity index (χ3n) is 5.61. The van der Waals surface area contributed by atoms with E-state index in [1.807, 2.05) is 24.4 Å². The monoisotopic (exact) mass is 458 g/mol. The molecule has 0 spiro atoms. The molecule has 0 fully saturated rings. The van der Waals surface area contributed by atoms with E-state index in [2.05, 4.69) is 10.3 Å². The summed E-state index contributed by atoms with van der Waals surface area (Å²) in [5.74, 6) is -0.481. The number of aryl methyl sites for hydroxylation is 2. The van der Waals surface area contributed by atoms with Crippen LogP contribution in [0.1, 0.15) is 41.5 Å². The number of aromatic nitrogens is 2. The number of hydrogen-bond donors (Lipinski definition) is 1. The number of thiophene rings is 2. The van der Waals surface area contributed by atoms with Crippen LogP contribution in [0.2, 0.25) is 0 Å². The summed E-state index contributed by atoms with van der Waals surface area (Å²) in [6.07, 6.45) is 6.76. The first-order valence-electron chi connectivity index (χ1n) is 10.6. The zero-order chi connectivity index (χ0) is 21.8. The van der Waals surface area contributed by atoms with Crippen molar-refractivity contribution in [2.45, 2.75) is 52.1 Å². The Labute approximate surface area is 188 Å². The molecular formula is C22H26N4O3S2. The lowest BCUT2D eigenvalue weighted by molar-refractivity contribution is -0.136. The second kappa shape index (κ2) is 9.74. The van der Waals surface area contributed by atoms with Crippen LogP contribution in [0.5, 0.6) is 0 Å². The van der Waals surface area contributed by atoms with Crippen molar-refractivity contribution in [1.29, 1.82) is 0 Å². The predicted molar refractivity (Wildman–Crippen MR) is 124 cm³/mol. The maximum atomic E-state index is 13.2. The van der Waals surface area contributed by atoms with Crippen molar-refractivity contribution in [2.75, 3.05) is 13.1 Å². The van der Waals surface area contributed by atoms with E-state index in [0.717, 1.165) is 41.0 Å². The Morgan fingerprint density at radius 1 is 1.26 bits per heavy atom. The molecule has 1 aliphatic rings. The van der Waals surface area contributed by atoms with Gasteiger partial charge in [0.25, 0.3) is 5.56 Å². The van der Waals surface area contributed by atoms with Crippen LogP contribution in [0.4, 0.5) is 0 Å². The molecule has 2 amide bonds. The van der Waals surface area contributed by atoms with E-state index >= 15 is 0 Å². The van der Waals surface area contributed by atoms with E-state index in [4.69, 9.17) is 0 Å². The molecule has 7 nitrogen and oxygen atoms in total. The molecular weight excluding hydrogens is 432 g/mol. The van der Waals surface area contributed by atoms with Crippen molar-refractivity contribution < 1.29 is 9.59 Å². The topological polar surface area (TPSA) is 84.3 Å². The predicted octanol–water partition coefficient (Wildman–Crippen LogP) is 2.95. The third kappa shape index (κ3) is 4.88. The van der Waals surface area contributed by atoms with Gasteiger partial charge in [-0.25, -0.2) is 4.98 Å². The van der Waals surface area contributed by atoms with Crippen LogP contribution in [-0.4, -0.2) is 39.4 Å². The average Bonchev–Trinajstić information content (AvgIpc) is 3.35. The van der Waals surface area contributed by atoms with Crippen molar-refractivity contribution in [3.8, 4) is 0 Å². The van der Waals surface area contributed by atoms with Crippen molar-refractivity contribution in [3.05, 3.63) is 49.5 Å². The number of fused-ring (bicyclic) bond motifs is 3. The summed E-state index contributed by atoms with van der Waals surface area (Å²) in [4.78, 5) is 47.3. The molecule has 0 aromatic carbocycles. The molecule has 3 aromatic rings. The first-order chi connectivity index (χ1) is 15.1. The largest absolute Gasteiger partial charge is 0.350 e. The van der Waals surface area contributed by atoms with E-state index in [9.17, 15) is 14.4 Å². The molecule has 9 heteroatoms. The normalized spacial score (nSPS) is 13.6. The lowest BCUT2D eigenvalue weighted by Gasteiger charge is -2.20. The van der Waals surface area contributed by atoms with Gasteiger partial charge < -0.3 is 10.2 Å². The van der Waals surface area contributed by atoms with Gasteiger partial charge in [-0.2, -0.15) is 0 Å². The van der Waals surface area contributed by atoms with Crippen LogP contribution >= 0.6 is 22.7 Å². The maximum absolute atomic E-state index is 13.2. The maximum Gasteiger partial charge on any atom is 0.262 e. The first-order valence-corrected chi connectivity index (χ1v) is 12.3. The fraction of sp³-hybridized carbons (Fsp3) is 0.455. The molecule has 31 heavy (non-hydrogen) atoms. The van der Waals surface area contributed by atoms with Gasteiger partial charge in [0.1, 0.15) is 11.4 Å². The molecule has 164 valence electrons. The van der Waals surface area contributed by atoms with Crippen molar-refractivity contribution in [3.63, 3.8) is 0 Å². The van der Waals surface area contributed by atoms with Crippen LogP contribution in [-0.2, 0) is 35.5 Å². The van der Waals surface area contributed by atoms with E-state index in [-0.39, 0.29) is 30.5 Å². The highest BCUT2D eigenvalue weighted by Crippen LogP contribution is 2.32. The minimum Gasteiger partial charge on any atom is -0.350 e. The number of nitrogens with one attached hydrogen (secondary N) is 1. The summed E-state index contributed by atoms with van der Waals surface area (Å²) in [6, 6.07) is 3.89. The minimum absolute atomic E-state index is 0.0288. The Kier molecular flexibility index (Phi) is 6.82. The SMILES string of the molecule is CCN(CC(=O)NCc1cccs1)C(=O)Cn1cnc2sc3c(c2c1=O)CCCCC3. The smallest absolute Gasteiger partial charge is 0.262 e. The van der Waals surface area contributed by atoms with Gasteiger partial charge in [-0.15, -0.1) is 22.7 Å². The van der Waals surface area contributed by atoms with Crippen LogP contribution in [0, 0.1) is 0 Å². The number of likely N-dealkylation sites (N-methyl/N-ethyl adjacent to an activating group) is 1. The number of amides is 2. The van der Waals surface area contributed by atoms with Crippen LogP contribution in [0.25, 0.3) is 10.2 Å². The fourth-order valence-corrected chi connectivity index (χ4v) is 5.78. The minimum atomic E-state index is -0.265. The third-order valence-corrected chi connectivity index (χ3v) is 7.68. The summed E-state index contributed by atoms with van der Waals surface area (Å²) in [6.45, 7) is 2.53. The van der Waals surface area contributed by atoms with E-state index in [0.29, 0.717) is 18.5 Å². The number of nitrogens with zero attached hydrogens (tertiary/aromatic N) is 3. The molecule has 0 atom stereocenters. The van der Waals surface area contributed by atoms with Crippen LogP contribution < -0.4 is 10.9 Å². The highest BCUT2D eigenvalue weighted by molar-refractivity contribution is 7.18. The average molecular weight is 459 g/mol. The van der Waals surface area contributed by atoms with Gasteiger partial charge in [0.05, 0.1) is 24.8 Å². The highest BCUT2D eigenvalue weighted by Gasteiger charge is 2.21. The molecule has 0 aliphatic heterocycles. The Hall–Kier alpha value is -2.52. The van der Waals surface area contributed by atoms with Crippen molar-refractivity contribution in [2.24, 2.45) is 0 Å². The molecule has 3 heterocycles. The Morgan fingerprint density at radius 2 is 2.10 bits per heavy atom.